The number of imidazole rings is 2. The van der Waals surface area contributed by atoms with Crippen molar-refractivity contribution < 1.29 is 46.6 Å². The van der Waals surface area contributed by atoms with Crippen molar-refractivity contribution in [2.75, 3.05) is 50.1 Å². The Labute approximate surface area is 448 Å². The van der Waals surface area contributed by atoms with Gasteiger partial charge in [-0.1, -0.05) is 27.7 Å². The Morgan fingerprint density at radius 2 is 1.25 bits per heavy atom. The summed E-state index contributed by atoms with van der Waals surface area (Å²) >= 11 is 1.74. The van der Waals surface area contributed by atoms with Gasteiger partial charge in [0.15, 0.2) is 11.6 Å². The molecule has 0 radical (unpaired) electrons. The Bertz CT molecular complexity index is 3200. The van der Waals surface area contributed by atoms with Crippen molar-refractivity contribution in [3.05, 3.63) is 104 Å². The van der Waals surface area contributed by atoms with Crippen LogP contribution in [0.5, 0.6) is 0 Å². The monoisotopic (exact) mass is 1080 g/mol. The molecule has 3 aromatic carbocycles. The number of carbonyl (C=O) groups is 4. The van der Waals surface area contributed by atoms with Gasteiger partial charge in [0.1, 0.15) is 41.1 Å². The van der Waals surface area contributed by atoms with Crippen molar-refractivity contribution in [2.45, 2.75) is 128 Å². The first kappa shape index (κ1) is 53.5. The van der Waals surface area contributed by atoms with Gasteiger partial charge in [0.25, 0.3) is 0 Å². The van der Waals surface area contributed by atoms with Crippen LogP contribution in [0.15, 0.2) is 48.5 Å². The fourth-order valence-electron chi connectivity index (χ4n) is 12.5. The zero-order valence-electron chi connectivity index (χ0n) is 44.3. The molecular formula is C56H66F4N10O6S. The molecule has 4 aliphatic rings. The number of fused-ring (bicyclic) bond motifs is 2. The fourth-order valence-corrected chi connectivity index (χ4v) is 13.5. The summed E-state index contributed by atoms with van der Waals surface area (Å²) in [6, 6.07) is 8.04. The lowest BCUT2D eigenvalue weighted by molar-refractivity contribution is -0.138. The molecule has 4 saturated heterocycles. The molecular weight excluding hydrogens is 1020 g/mol. The molecule has 4 fully saturated rings. The maximum Gasteiger partial charge on any atom is 0.407 e. The summed E-state index contributed by atoms with van der Waals surface area (Å²) in [7, 11) is 2.60. The van der Waals surface area contributed by atoms with Gasteiger partial charge in [-0.25, -0.2) is 37.1 Å². The van der Waals surface area contributed by atoms with E-state index in [9.17, 15) is 24.3 Å². The van der Waals surface area contributed by atoms with Crippen molar-refractivity contribution in [3.63, 3.8) is 0 Å². The number of carboxylic acid groups (broad SMARTS) is 1. The minimum Gasteiger partial charge on any atom is -0.465 e. The van der Waals surface area contributed by atoms with Crippen molar-refractivity contribution >= 4 is 68.8 Å². The van der Waals surface area contributed by atoms with E-state index >= 15 is 17.6 Å². The number of alkyl carbamates (subject to hydrolysis) is 1. The molecule has 3 aromatic heterocycles. The number of aromatic amines is 2. The number of methoxy groups -OCH3 is 1. The lowest BCUT2D eigenvalue weighted by atomic mass is 9.94. The first-order valence-electron chi connectivity index (χ1n) is 26.7. The number of likely N-dealkylation sites (N-methyl/N-ethyl adjacent to an activating group) is 1. The van der Waals surface area contributed by atoms with E-state index in [1.54, 1.807) is 56.9 Å². The van der Waals surface area contributed by atoms with E-state index in [0.717, 1.165) is 17.7 Å². The van der Waals surface area contributed by atoms with Crippen LogP contribution in [0, 0.1) is 42.0 Å². The summed E-state index contributed by atoms with van der Waals surface area (Å²) in [4.78, 5) is 78.7. The molecule has 77 heavy (non-hydrogen) atoms. The Morgan fingerprint density at radius 3 is 1.71 bits per heavy atom. The van der Waals surface area contributed by atoms with Crippen LogP contribution in [0.4, 0.5) is 38.5 Å². The van der Waals surface area contributed by atoms with Crippen LogP contribution in [-0.2, 0) is 14.3 Å². The third kappa shape index (κ3) is 10.1. The SMILES string of the molecule is COC(=O)N[C@H](C(=O)N1CCC[C@H]1c1nc2cc(F)c([C@H]3CC[C@H](c4cc5[nH]c([C@@H]6CCCN6C(=O)[C@H](C(C)C)N(C)C(=O)O)nc5cc4F)N3c3cc(F)c(N4CCC(c5ccc(C)s5)CC4)c(F)c3)cc2[nH]1)C(C)C. The number of halogens is 4. The van der Waals surface area contributed by atoms with E-state index < -0.39 is 71.7 Å². The summed E-state index contributed by atoms with van der Waals surface area (Å²) in [6.07, 6.45) is 2.42. The van der Waals surface area contributed by atoms with Gasteiger partial charge in [-0.15, -0.1) is 11.3 Å². The largest absolute Gasteiger partial charge is 0.465 e. The predicted octanol–water partition coefficient (Wildman–Crippen LogP) is 11.2. The number of ether oxygens (including phenoxy) is 1. The third-order valence-corrected chi connectivity index (χ3v) is 17.5. The van der Waals surface area contributed by atoms with Gasteiger partial charge >= 0.3 is 12.2 Å². The molecule has 4 amide bonds. The highest BCUT2D eigenvalue weighted by Crippen LogP contribution is 2.50. The topological polar surface area (TPSA) is 183 Å². The Morgan fingerprint density at radius 1 is 0.714 bits per heavy atom. The number of aromatic nitrogens is 4. The molecule has 410 valence electrons. The molecule has 4 N–H and O–H groups in total. The first-order chi connectivity index (χ1) is 36.8. The lowest BCUT2D eigenvalue weighted by Crippen LogP contribution is -2.51. The summed E-state index contributed by atoms with van der Waals surface area (Å²) < 4.78 is 72.4. The third-order valence-electron chi connectivity index (χ3n) is 16.3. The number of piperidine rings is 1. The van der Waals surface area contributed by atoms with Crippen LogP contribution in [0.3, 0.4) is 0 Å². The number of nitrogens with one attached hydrogen (secondary N) is 3. The number of carbonyl (C=O) groups excluding carboxylic acids is 3. The number of hydrogen-bond donors (Lipinski definition) is 4. The number of likely N-dealkylation sites (tertiary alicyclic amines) is 2. The number of hydrogen-bond acceptors (Lipinski definition) is 10. The van der Waals surface area contributed by atoms with Crippen LogP contribution in [0.1, 0.15) is 142 Å². The van der Waals surface area contributed by atoms with Crippen molar-refractivity contribution in [1.29, 1.82) is 0 Å². The molecule has 0 saturated carbocycles. The maximum absolute atomic E-state index is 17.0. The van der Waals surface area contributed by atoms with Crippen molar-refractivity contribution in [3.8, 4) is 0 Å². The smallest absolute Gasteiger partial charge is 0.407 e. The number of rotatable bonds is 13. The van der Waals surface area contributed by atoms with Gasteiger partial charge in [-0.05, 0) is 112 Å². The van der Waals surface area contributed by atoms with Crippen LogP contribution in [-0.4, -0.2) is 116 Å². The maximum atomic E-state index is 17.0. The van der Waals surface area contributed by atoms with Gasteiger partial charge in [0, 0.05) is 71.9 Å². The number of thiophene rings is 1. The van der Waals surface area contributed by atoms with Gasteiger partial charge in [-0.2, -0.15) is 0 Å². The van der Waals surface area contributed by atoms with Crippen molar-refractivity contribution in [1.82, 2.24) is 40.0 Å². The predicted molar refractivity (Wildman–Crippen MR) is 285 cm³/mol. The molecule has 6 atom stereocenters. The molecule has 0 unspecified atom stereocenters. The molecule has 0 spiro atoms. The molecule has 16 nitrogen and oxygen atoms in total. The normalized spacial score (nSPS) is 21.1. The average Bonchev–Trinajstić information content (AvgIpc) is 4.36. The molecule has 6 aromatic rings. The molecule has 0 bridgehead atoms. The van der Waals surface area contributed by atoms with Crippen LogP contribution >= 0.6 is 11.3 Å². The zero-order chi connectivity index (χ0) is 54.7. The van der Waals surface area contributed by atoms with E-state index in [0.29, 0.717) is 80.1 Å². The molecule has 21 heteroatoms. The number of aryl methyl sites for hydroxylation is 1. The number of nitrogens with zero attached hydrogens (tertiary/aromatic N) is 7. The van der Waals surface area contributed by atoms with Crippen molar-refractivity contribution in [2.24, 2.45) is 11.8 Å². The lowest BCUT2D eigenvalue weighted by Gasteiger charge is -2.36. The second-order valence-electron chi connectivity index (χ2n) is 21.8. The Balaban J connectivity index is 0.998. The van der Waals surface area contributed by atoms with E-state index in [-0.39, 0.29) is 70.4 Å². The van der Waals surface area contributed by atoms with E-state index in [1.165, 1.54) is 48.2 Å². The summed E-state index contributed by atoms with van der Waals surface area (Å²) in [5, 5.41) is 12.5. The summed E-state index contributed by atoms with van der Waals surface area (Å²) in [5.74, 6) is -2.95. The standard InChI is InChI=1S/C56H66F4N10O6S/c1-28(2)48(65-55(73)76-7)53(71)68-18-8-10-45(68)51-61-39-24-33(35(57)26-41(39)63-51)43-13-14-44(70(43)32-22-37(59)50(38(60)23-32)67-20-16-31(17-21-67)47-15-12-30(5)77-47)34-25-40-42(27-36(34)58)64-52(62-40)46-11-9-19-69(46)54(72)49(29(3)4)66(6)56(74)75/h12,15,22-29,31,43-46,48-49H,8-11,13-14,16-21H2,1-7H3,(H,61,63)(H,62,64)(H,65,73)(H,74,75)/t43-,44-,45+,46+,48+,49+/m1/s1. The highest BCUT2D eigenvalue weighted by molar-refractivity contribution is 7.12. The summed E-state index contributed by atoms with van der Waals surface area (Å²) in [5.41, 5.74) is 1.84. The molecule has 10 rings (SSSR count). The van der Waals surface area contributed by atoms with E-state index in [4.69, 9.17) is 14.7 Å². The molecule has 7 heterocycles. The highest BCUT2D eigenvalue weighted by Gasteiger charge is 2.43. The minimum absolute atomic E-state index is 0.0984. The minimum atomic E-state index is -1.23. The van der Waals surface area contributed by atoms with Gasteiger partial charge < -0.3 is 44.7 Å². The second-order valence-corrected chi connectivity index (χ2v) is 23.1. The highest BCUT2D eigenvalue weighted by atomic mass is 32.1. The van der Waals surface area contributed by atoms with Crippen LogP contribution in [0.2, 0.25) is 0 Å². The van der Waals surface area contributed by atoms with Gasteiger partial charge in [-0.3, -0.25) is 14.5 Å². The Hall–Kier alpha value is -6.90. The van der Waals surface area contributed by atoms with Gasteiger partial charge in [0.2, 0.25) is 11.8 Å². The number of anilines is 2. The average molecular weight is 1080 g/mol. The van der Waals surface area contributed by atoms with E-state index in [2.05, 4.69) is 34.3 Å². The second kappa shape index (κ2) is 21.5. The molecule has 4 aliphatic heterocycles. The summed E-state index contributed by atoms with van der Waals surface area (Å²) in [6.45, 7) is 11.0. The van der Waals surface area contributed by atoms with Crippen LogP contribution in [0.25, 0.3) is 22.1 Å². The van der Waals surface area contributed by atoms with Crippen LogP contribution < -0.4 is 15.1 Å². The zero-order valence-corrected chi connectivity index (χ0v) is 45.2. The molecule has 0 aliphatic carbocycles. The first-order valence-corrected chi connectivity index (χ1v) is 27.5. The Kier molecular flexibility index (Phi) is 14.9. The number of H-pyrrole nitrogens is 2. The number of benzene rings is 3. The fraction of sp³-hybridized carbons (Fsp3) is 0.500. The quantitative estimate of drug-likeness (QED) is 0.0812. The van der Waals surface area contributed by atoms with Gasteiger partial charge in [0.05, 0.1) is 53.3 Å². The number of amides is 4. The van der Waals surface area contributed by atoms with E-state index in [1.807, 2.05) is 13.8 Å².